The van der Waals surface area contributed by atoms with Crippen LogP contribution in [0, 0.1) is 6.07 Å². The molecular formula is C69H64N3O2Pt-. The van der Waals surface area contributed by atoms with E-state index in [2.05, 4.69) is 251 Å². The van der Waals surface area contributed by atoms with Gasteiger partial charge in [0.1, 0.15) is 17.2 Å². The summed E-state index contributed by atoms with van der Waals surface area (Å²) < 4.78 is 9.13. The van der Waals surface area contributed by atoms with Gasteiger partial charge in [-0.05, 0) is 97.0 Å². The molecule has 0 unspecified atom stereocenters. The van der Waals surface area contributed by atoms with E-state index in [0.29, 0.717) is 11.4 Å². The molecule has 1 N–H and O–H groups in total. The number of furan rings is 1. The van der Waals surface area contributed by atoms with Gasteiger partial charge in [-0.15, -0.1) is 12.1 Å². The Balaban J connectivity index is 0.00000641. The number of aromatic nitrogens is 3. The number of phenolic OH excluding ortho intramolecular Hbond substituents is 1. The van der Waals surface area contributed by atoms with E-state index < -0.39 is 0 Å². The van der Waals surface area contributed by atoms with Crippen molar-refractivity contribution in [1.82, 2.24) is 14.5 Å². The number of rotatable bonds is 8. The molecular weight excluding hydrogens is 1100 g/mol. The number of pyridine rings is 1. The minimum atomic E-state index is -0.359. The maximum Gasteiger partial charge on any atom is 0.148 e. The van der Waals surface area contributed by atoms with E-state index in [1.807, 2.05) is 18.3 Å². The van der Waals surface area contributed by atoms with Gasteiger partial charge >= 0.3 is 0 Å². The van der Waals surface area contributed by atoms with Gasteiger partial charge in [0.15, 0.2) is 0 Å². The van der Waals surface area contributed by atoms with Crippen molar-refractivity contribution in [3.63, 3.8) is 0 Å². The van der Waals surface area contributed by atoms with Crippen LogP contribution in [0.25, 0.3) is 94.7 Å². The van der Waals surface area contributed by atoms with E-state index in [0.717, 1.165) is 94.4 Å². The first-order valence-electron chi connectivity index (χ1n) is 25.9. The van der Waals surface area contributed by atoms with E-state index in [4.69, 9.17) is 14.4 Å². The average Bonchev–Trinajstić information content (AvgIpc) is 3.97. The maximum absolute atomic E-state index is 12.7. The van der Waals surface area contributed by atoms with Crippen LogP contribution in [0.2, 0.25) is 0 Å². The summed E-state index contributed by atoms with van der Waals surface area (Å²) in [6.45, 7) is 24.5. The molecule has 5 nitrogen and oxygen atoms in total. The molecule has 0 fully saturated rings. The topological polar surface area (TPSA) is 64.1 Å². The fourth-order valence-electron chi connectivity index (χ4n) is 10.5. The summed E-state index contributed by atoms with van der Waals surface area (Å²) in [6, 6.07) is 66.2. The van der Waals surface area contributed by atoms with Crippen molar-refractivity contribution in [2.45, 2.75) is 97.8 Å². The average molecular weight is 1160 g/mol. The molecule has 0 saturated carbocycles. The largest absolute Gasteiger partial charge is 0.507 e. The Morgan fingerprint density at radius 1 is 0.507 bits per heavy atom. The predicted molar refractivity (Wildman–Crippen MR) is 308 cm³/mol. The summed E-state index contributed by atoms with van der Waals surface area (Å²) in [5.74, 6) is 0.872. The minimum absolute atomic E-state index is 0. The number of hydrogen-bond donors (Lipinski definition) is 1. The molecule has 3 aromatic heterocycles. The summed E-state index contributed by atoms with van der Waals surface area (Å²) in [4.78, 5) is 10.8. The summed E-state index contributed by atoms with van der Waals surface area (Å²) in [5, 5.41) is 14.7. The second-order valence-corrected chi connectivity index (χ2v) is 23.6. The van der Waals surface area contributed by atoms with E-state index in [1.54, 1.807) is 0 Å². The normalized spacial score (nSPS) is 12.4. The first kappa shape index (κ1) is 51.2. The summed E-state index contributed by atoms with van der Waals surface area (Å²) >= 11 is 0. The smallest absolute Gasteiger partial charge is 0.148 e. The molecule has 0 amide bonds. The van der Waals surface area contributed by atoms with Crippen molar-refractivity contribution in [2.24, 2.45) is 0 Å². The molecule has 11 aromatic rings. The first-order valence-corrected chi connectivity index (χ1v) is 25.9. The van der Waals surface area contributed by atoms with Gasteiger partial charge in [0, 0.05) is 54.9 Å². The Bertz CT molecular complexity index is 3920. The van der Waals surface area contributed by atoms with Gasteiger partial charge in [0.25, 0.3) is 0 Å². The number of fused-ring (bicyclic) bond motifs is 4. The van der Waals surface area contributed by atoms with Crippen LogP contribution in [0.1, 0.15) is 104 Å². The predicted octanol–water partition coefficient (Wildman–Crippen LogP) is 18.4. The van der Waals surface area contributed by atoms with Gasteiger partial charge in [0.2, 0.25) is 0 Å². The van der Waals surface area contributed by atoms with E-state index in [1.165, 1.54) is 16.7 Å². The molecule has 8 aromatic carbocycles. The number of para-hydroxylation sites is 2. The number of benzene rings is 8. The van der Waals surface area contributed by atoms with Gasteiger partial charge in [-0.2, -0.15) is 0 Å². The Kier molecular flexibility index (Phi) is 13.0. The number of imidazole rings is 1. The van der Waals surface area contributed by atoms with Crippen molar-refractivity contribution in [2.75, 3.05) is 0 Å². The molecule has 0 radical (unpaired) electrons. The van der Waals surface area contributed by atoms with Crippen LogP contribution in [-0.2, 0) is 42.7 Å². The molecule has 3 heterocycles. The fourth-order valence-corrected chi connectivity index (χ4v) is 10.5. The maximum atomic E-state index is 12.7. The van der Waals surface area contributed by atoms with Crippen molar-refractivity contribution in [3.05, 3.63) is 216 Å². The van der Waals surface area contributed by atoms with Gasteiger partial charge in [-0.25, -0.2) is 4.98 Å². The number of nitrogens with zero attached hydrogens (tertiary/aromatic N) is 3. The SMILES string of the molecule is CC(C)(C)c1ccc(-n2c(-c3cc(C(C)(C)C)cc(C(C)(C)C)c3O)nc3c(-c4[c-]c(-c5cc(-c6ccc(C(C)(C)c7ccccc7)cc6)ccn5)cc5c4oc4ccccc45)cccc32)c(-c2ccccc2)c1.[Pt]. The van der Waals surface area contributed by atoms with Crippen molar-refractivity contribution >= 4 is 33.0 Å². The summed E-state index contributed by atoms with van der Waals surface area (Å²) in [5.41, 5.74) is 17.3. The molecule has 378 valence electrons. The molecule has 6 heteroatoms. The third-order valence-corrected chi connectivity index (χ3v) is 15.0. The fraction of sp³-hybridized carbons (Fsp3) is 0.217. The van der Waals surface area contributed by atoms with Crippen LogP contribution >= 0.6 is 0 Å². The van der Waals surface area contributed by atoms with Crippen LogP contribution in [-0.4, -0.2) is 19.6 Å². The van der Waals surface area contributed by atoms with Gasteiger partial charge in [0.05, 0.1) is 27.9 Å². The Morgan fingerprint density at radius 3 is 1.84 bits per heavy atom. The molecule has 0 saturated heterocycles. The number of aromatic hydroxyl groups is 1. The van der Waals surface area contributed by atoms with E-state index in [-0.39, 0.29) is 48.5 Å². The Labute approximate surface area is 456 Å². The van der Waals surface area contributed by atoms with Crippen LogP contribution < -0.4 is 0 Å². The van der Waals surface area contributed by atoms with Crippen molar-refractivity contribution in [1.29, 1.82) is 0 Å². The quantitative estimate of drug-likeness (QED) is 0.154. The summed E-state index contributed by atoms with van der Waals surface area (Å²) in [7, 11) is 0. The van der Waals surface area contributed by atoms with E-state index >= 15 is 0 Å². The van der Waals surface area contributed by atoms with Crippen LogP contribution in [0.15, 0.2) is 187 Å². The first-order chi connectivity index (χ1) is 35.3. The molecule has 0 spiro atoms. The van der Waals surface area contributed by atoms with Crippen LogP contribution in [0.5, 0.6) is 5.75 Å². The second-order valence-electron chi connectivity index (χ2n) is 23.6. The molecule has 0 aliphatic heterocycles. The van der Waals surface area contributed by atoms with Gasteiger partial charge in [-0.1, -0.05) is 226 Å². The van der Waals surface area contributed by atoms with Crippen molar-refractivity contribution in [3.8, 4) is 67.5 Å². The molecule has 0 bridgehead atoms. The Morgan fingerprint density at radius 2 is 1.15 bits per heavy atom. The molecule has 75 heavy (non-hydrogen) atoms. The van der Waals surface area contributed by atoms with Gasteiger partial charge in [-0.3, -0.25) is 9.55 Å². The van der Waals surface area contributed by atoms with Crippen LogP contribution in [0.3, 0.4) is 0 Å². The number of hydrogen-bond acceptors (Lipinski definition) is 4. The zero-order valence-electron chi connectivity index (χ0n) is 44.8. The minimum Gasteiger partial charge on any atom is -0.507 e. The second kappa shape index (κ2) is 19.1. The molecule has 0 atom stereocenters. The summed E-state index contributed by atoms with van der Waals surface area (Å²) in [6.07, 6.45) is 1.89. The zero-order chi connectivity index (χ0) is 51.9. The molecule has 0 aliphatic rings. The number of phenols is 1. The standard InChI is InChI=1S/C69H64N3O2.Pt/c1-66(2,3)49-33-34-59(53(40-49)44-21-14-12-15-22-44)72-60-27-20-26-52(62(60)71-65(72)56-41-50(67(4,5)6)42-57(63(56)73)68(7,8)9)55-38-46(37-54-51-25-18-19-28-61(51)74-64(54)55)58-39-45(35-36-70-58)43-29-31-48(32-30-43)69(10,11)47-23-16-13-17-24-47;/h12-37,39-42,73H,1-11H3;/q-1;. The Hall–Kier alpha value is -7.33. The van der Waals surface area contributed by atoms with E-state index in [9.17, 15) is 5.11 Å². The third-order valence-electron chi connectivity index (χ3n) is 15.0. The third kappa shape index (κ3) is 9.35. The van der Waals surface area contributed by atoms with Crippen LogP contribution in [0.4, 0.5) is 0 Å². The molecule has 11 rings (SSSR count). The van der Waals surface area contributed by atoms with Crippen molar-refractivity contribution < 1.29 is 30.6 Å². The van der Waals surface area contributed by atoms with Gasteiger partial charge < -0.3 is 9.52 Å². The molecule has 0 aliphatic carbocycles. The monoisotopic (exact) mass is 1160 g/mol. The zero-order valence-corrected chi connectivity index (χ0v) is 47.1.